The number of hydrogen-bond donors (Lipinski definition) is 1. The van der Waals surface area contributed by atoms with Gasteiger partial charge in [0.25, 0.3) is 0 Å². The van der Waals surface area contributed by atoms with Crippen LogP contribution in [0, 0.1) is 0 Å². The summed E-state index contributed by atoms with van der Waals surface area (Å²) in [5.41, 5.74) is -0.223. The lowest BCUT2D eigenvalue weighted by molar-refractivity contribution is -0.274. The van der Waals surface area contributed by atoms with Crippen molar-refractivity contribution in [3.05, 3.63) is 46.7 Å². The third-order valence-electron chi connectivity index (χ3n) is 4.82. The smallest absolute Gasteiger partial charge is 0.406 e. The van der Waals surface area contributed by atoms with E-state index in [1.54, 1.807) is 11.3 Å². The highest BCUT2D eigenvalue weighted by Crippen LogP contribution is 2.41. The monoisotopic (exact) mass is 419 g/mol. The lowest BCUT2D eigenvalue weighted by Gasteiger charge is -2.36. The molecule has 1 aliphatic rings. The van der Waals surface area contributed by atoms with Crippen LogP contribution in [0.15, 0.2) is 46.7 Å². The molecular weight excluding hydrogens is 399 g/mol. The van der Waals surface area contributed by atoms with E-state index < -0.39 is 22.1 Å². The average Bonchev–Trinajstić information content (AvgIpc) is 3.15. The second-order valence-electron chi connectivity index (χ2n) is 6.66. The number of thiophene rings is 1. The van der Waals surface area contributed by atoms with E-state index in [9.17, 15) is 21.6 Å². The number of nitrogens with one attached hydrogen (secondary N) is 1. The van der Waals surface area contributed by atoms with Crippen molar-refractivity contribution >= 4 is 21.4 Å². The first-order valence-corrected chi connectivity index (χ1v) is 11.0. The minimum absolute atomic E-state index is 0.0887. The zero-order valence-corrected chi connectivity index (χ0v) is 16.1. The number of ether oxygens (including phenoxy) is 1. The summed E-state index contributed by atoms with van der Waals surface area (Å²) in [5.74, 6) is -0.455. The van der Waals surface area contributed by atoms with Crippen LogP contribution in [0.1, 0.15) is 37.0 Å². The normalized spacial score (nSPS) is 17.6. The molecule has 0 aliphatic heterocycles. The summed E-state index contributed by atoms with van der Waals surface area (Å²) < 4.78 is 68.3. The molecule has 9 heteroatoms. The summed E-state index contributed by atoms with van der Waals surface area (Å²) >= 11 is 1.62. The second-order valence-corrected chi connectivity index (χ2v) is 9.38. The molecule has 1 aromatic heterocycles. The molecule has 1 aromatic carbocycles. The van der Waals surface area contributed by atoms with Gasteiger partial charge in [-0.25, -0.2) is 13.1 Å². The van der Waals surface area contributed by atoms with Crippen molar-refractivity contribution in [3.8, 4) is 5.75 Å². The molecule has 148 valence electrons. The van der Waals surface area contributed by atoms with Gasteiger partial charge in [-0.3, -0.25) is 0 Å². The Morgan fingerprint density at radius 2 is 1.74 bits per heavy atom. The van der Waals surface area contributed by atoms with Crippen LogP contribution < -0.4 is 9.46 Å². The van der Waals surface area contributed by atoms with Gasteiger partial charge in [-0.15, -0.1) is 24.5 Å². The van der Waals surface area contributed by atoms with E-state index in [1.807, 2.05) is 17.5 Å². The molecule has 3 rings (SSSR count). The Balaban J connectivity index is 1.73. The molecule has 1 fully saturated rings. The first-order chi connectivity index (χ1) is 12.7. The SMILES string of the molecule is O=S(=O)(NCC1(c2cccs2)CCCCC1)c1ccc(OC(F)(F)F)cc1. The highest BCUT2D eigenvalue weighted by Gasteiger charge is 2.36. The minimum Gasteiger partial charge on any atom is -0.406 e. The van der Waals surface area contributed by atoms with Crippen molar-refractivity contribution in [1.82, 2.24) is 4.72 Å². The zero-order valence-electron chi connectivity index (χ0n) is 14.5. The van der Waals surface area contributed by atoms with E-state index >= 15 is 0 Å². The molecule has 0 unspecified atom stereocenters. The van der Waals surface area contributed by atoms with E-state index in [0.29, 0.717) is 0 Å². The summed E-state index contributed by atoms with van der Waals surface area (Å²) in [6.07, 6.45) is 0.238. The van der Waals surface area contributed by atoms with E-state index in [0.717, 1.165) is 56.4 Å². The fraction of sp³-hybridized carbons (Fsp3) is 0.444. The lowest BCUT2D eigenvalue weighted by atomic mass is 9.73. The van der Waals surface area contributed by atoms with Gasteiger partial charge >= 0.3 is 6.36 Å². The molecular formula is C18H20F3NO3S2. The molecule has 0 spiro atoms. The van der Waals surface area contributed by atoms with Gasteiger partial charge in [0, 0.05) is 16.8 Å². The molecule has 2 aromatic rings. The Kier molecular flexibility index (Phi) is 5.83. The Hall–Kier alpha value is -1.58. The highest BCUT2D eigenvalue weighted by atomic mass is 32.2. The van der Waals surface area contributed by atoms with Crippen LogP contribution in [0.3, 0.4) is 0 Å². The second kappa shape index (κ2) is 7.81. The number of rotatable bonds is 6. The lowest BCUT2D eigenvalue weighted by Crippen LogP contribution is -2.41. The predicted octanol–water partition coefficient (Wildman–Crippen LogP) is 4.83. The van der Waals surface area contributed by atoms with E-state index in [4.69, 9.17) is 0 Å². The van der Waals surface area contributed by atoms with Gasteiger partial charge in [-0.05, 0) is 48.6 Å². The molecule has 27 heavy (non-hydrogen) atoms. The third kappa shape index (κ3) is 5.03. The molecule has 0 bridgehead atoms. The highest BCUT2D eigenvalue weighted by molar-refractivity contribution is 7.89. The van der Waals surface area contributed by atoms with Crippen LogP contribution in [0.2, 0.25) is 0 Å². The maximum absolute atomic E-state index is 12.6. The molecule has 1 heterocycles. The summed E-state index contributed by atoms with van der Waals surface area (Å²) in [7, 11) is -3.83. The first kappa shape index (κ1) is 20.2. The summed E-state index contributed by atoms with van der Waals surface area (Å²) in [4.78, 5) is 1.08. The van der Waals surface area contributed by atoms with E-state index in [2.05, 4.69) is 9.46 Å². The maximum atomic E-state index is 12.6. The Bertz CT molecular complexity index is 841. The molecule has 1 N–H and O–H groups in total. The van der Waals surface area contributed by atoms with E-state index in [-0.39, 0.29) is 16.9 Å². The molecule has 0 atom stereocenters. The van der Waals surface area contributed by atoms with Gasteiger partial charge < -0.3 is 4.74 Å². The molecule has 1 aliphatic carbocycles. The van der Waals surface area contributed by atoms with Crippen LogP contribution in [0.5, 0.6) is 5.75 Å². The number of hydrogen-bond acceptors (Lipinski definition) is 4. The molecule has 0 saturated heterocycles. The van der Waals surface area contributed by atoms with Crippen LogP contribution in [-0.4, -0.2) is 21.3 Å². The van der Waals surface area contributed by atoms with Crippen LogP contribution in [0.25, 0.3) is 0 Å². The van der Waals surface area contributed by atoms with Crippen molar-refractivity contribution in [1.29, 1.82) is 0 Å². The minimum atomic E-state index is -4.81. The maximum Gasteiger partial charge on any atom is 0.573 e. The quantitative estimate of drug-likeness (QED) is 0.730. The first-order valence-electron chi connectivity index (χ1n) is 8.60. The molecule has 0 radical (unpaired) electrons. The van der Waals surface area contributed by atoms with Crippen LogP contribution in [-0.2, 0) is 15.4 Å². The number of sulfonamides is 1. The van der Waals surface area contributed by atoms with Crippen LogP contribution in [0.4, 0.5) is 13.2 Å². The third-order valence-corrected chi connectivity index (χ3v) is 7.36. The van der Waals surface area contributed by atoms with Gasteiger partial charge in [0.15, 0.2) is 0 Å². The van der Waals surface area contributed by atoms with Gasteiger partial charge in [0.2, 0.25) is 10.0 Å². The van der Waals surface area contributed by atoms with Crippen molar-refractivity contribution in [2.75, 3.05) is 6.54 Å². The van der Waals surface area contributed by atoms with Gasteiger partial charge in [0.1, 0.15) is 5.75 Å². The zero-order chi connectivity index (χ0) is 19.5. The van der Waals surface area contributed by atoms with Crippen molar-refractivity contribution < 1.29 is 26.3 Å². The summed E-state index contributed by atoms with van der Waals surface area (Å²) in [6.45, 7) is 0.274. The summed E-state index contributed by atoms with van der Waals surface area (Å²) in [6, 6.07) is 8.22. The molecule has 4 nitrogen and oxygen atoms in total. The summed E-state index contributed by atoms with van der Waals surface area (Å²) in [5, 5.41) is 1.99. The Morgan fingerprint density at radius 1 is 1.07 bits per heavy atom. The number of benzene rings is 1. The van der Waals surface area contributed by atoms with Gasteiger partial charge in [-0.1, -0.05) is 25.3 Å². The molecule has 0 amide bonds. The number of halogens is 3. The number of alkyl halides is 3. The van der Waals surface area contributed by atoms with E-state index in [1.165, 1.54) is 4.88 Å². The van der Waals surface area contributed by atoms with Crippen molar-refractivity contribution in [3.63, 3.8) is 0 Å². The van der Waals surface area contributed by atoms with Gasteiger partial charge in [-0.2, -0.15) is 0 Å². The predicted molar refractivity (Wildman–Crippen MR) is 97.4 cm³/mol. The fourth-order valence-corrected chi connectivity index (χ4v) is 5.57. The Labute approximate surface area is 160 Å². The van der Waals surface area contributed by atoms with Crippen LogP contribution >= 0.6 is 11.3 Å². The Morgan fingerprint density at radius 3 is 2.30 bits per heavy atom. The van der Waals surface area contributed by atoms with Crippen molar-refractivity contribution in [2.45, 2.75) is 48.8 Å². The van der Waals surface area contributed by atoms with Crippen molar-refractivity contribution in [2.24, 2.45) is 0 Å². The molecule has 1 saturated carbocycles. The van der Waals surface area contributed by atoms with Gasteiger partial charge in [0.05, 0.1) is 4.90 Å². The fourth-order valence-electron chi connectivity index (χ4n) is 3.46. The largest absolute Gasteiger partial charge is 0.573 e. The topological polar surface area (TPSA) is 55.4 Å². The average molecular weight is 419 g/mol. The standard InChI is InChI=1S/C18H20F3NO3S2/c19-18(20,21)25-14-6-8-15(9-7-14)27(23,24)22-13-17(10-2-1-3-11-17)16-5-4-12-26-16/h4-9,12,22H,1-3,10-11,13H2.